The number of primary sulfonamides is 1. The molecule has 0 bridgehead atoms. The van der Waals surface area contributed by atoms with Gasteiger partial charge in [0.15, 0.2) is 0 Å². The first-order valence-corrected chi connectivity index (χ1v) is 7.48. The molecule has 0 heterocycles. The van der Waals surface area contributed by atoms with E-state index < -0.39 is 10.0 Å². The summed E-state index contributed by atoms with van der Waals surface area (Å²) >= 11 is 0. The first-order chi connectivity index (χ1) is 8.91. The van der Waals surface area contributed by atoms with Crippen molar-refractivity contribution in [2.75, 3.05) is 12.4 Å². The molecule has 0 unspecified atom stereocenters. The lowest BCUT2D eigenvalue weighted by atomic mass is 9.85. The second kappa shape index (κ2) is 5.18. The summed E-state index contributed by atoms with van der Waals surface area (Å²) in [5.41, 5.74) is 0.325. The molecule has 0 aliphatic heterocycles. The number of nitrogens with two attached hydrogens (primary N) is 1. The van der Waals surface area contributed by atoms with Crippen molar-refractivity contribution in [1.82, 2.24) is 0 Å². The third-order valence-corrected chi connectivity index (χ3v) is 4.14. The van der Waals surface area contributed by atoms with Crippen LogP contribution in [-0.2, 0) is 14.8 Å². The number of amides is 1. The molecular formula is C12H16N2O4S. The van der Waals surface area contributed by atoms with Gasteiger partial charge in [0.2, 0.25) is 15.9 Å². The molecule has 0 atom stereocenters. The molecule has 104 valence electrons. The number of hydrogen-bond donors (Lipinski definition) is 2. The molecule has 0 aromatic heterocycles. The van der Waals surface area contributed by atoms with Crippen molar-refractivity contribution in [3.05, 3.63) is 18.2 Å². The van der Waals surface area contributed by atoms with E-state index in [2.05, 4.69) is 5.32 Å². The Bertz CT molecular complexity index is 594. The van der Waals surface area contributed by atoms with Crippen LogP contribution in [0.3, 0.4) is 0 Å². The van der Waals surface area contributed by atoms with Crippen LogP contribution in [0.4, 0.5) is 5.69 Å². The van der Waals surface area contributed by atoms with Crippen LogP contribution in [0, 0.1) is 5.92 Å². The number of nitrogens with one attached hydrogen (secondary N) is 1. The third kappa shape index (κ3) is 3.05. The predicted molar refractivity (Wildman–Crippen MR) is 70.3 cm³/mol. The number of benzene rings is 1. The summed E-state index contributed by atoms with van der Waals surface area (Å²) in [6.07, 6.45) is 2.78. The molecule has 2 rings (SSSR count). The van der Waals surface area contributed by atoms with E-state index in [-0.39, 0.29) is 16.7 Å². The highest BCUT2D eigenvalue weighted by Gasteiger charge is 2.26. The van der Waals surface area contributed by atoms with Crippen molar-refractivity contribution >= 4 is 21.6 Å². The number of anilines is 1. The molecule has 19 heavy (non-hydrogen) atoms. The highest BCUT2D eigenvalue weighted by atomic mass is 32.2. The van der Waals surface area contributed by atoms with Crippen molar-refractivity contribution in [1.29, 1.82) is 0 Å². The van der Waals surface area contributed by atoms with Gasteiger partial charge in [0, 0.05) is 5.92 Å². The molecule has 0 radical (unpaired) electrons. The second-order valence-corrected chi connectivity index (χ2v) is 6.09. The van der Waals surface area contributed by atoms with Gasteiger partial charge in [-0.25, -0.2) is 13.6 Å². The molecule has 0 spiro atoms. The van der Waals surface area contributed by atoms with E-state index in [4.69, 9.17) is 9.88 Å². The molecule has 7 heteroatoms. The van der Waals surface area contributed by atoms with Crippen molar-refractivity contribution < 1.29 is 17.9 Å². The normalized spacial score (nSPS) is 15.7. The molecular weight excluding hydrogens is 268 g/mol. The van der Waals surface area contributed by atoms with E-state index in [0.717, 1.165) is 19.3 Å². The van der Waals surface area contributed by atoms with Crippen molar-refractivity contribution in [3.63, 3.8) is 0 Å². The Morgan fingerprint density at radius 2 is 2.11 bits per heavy atom. The largest absolute Gasteiger partial charge is 0.495 e. The number of carbonyl (C=O) groups excluding carboxylic acids is 1. The van der Waals surface area contributed by atoms with Gasteiger partial charge in [-0.05, 0) is 31.0 Å². The van der Waals surface area contributed by atoms with E-state index in [1.807, 2.05) is 0 Å². The van der Waals surface area contributed by atoms with Crippen LogP contribution in [0.5, 0.6) is 5.75 Å². The van der Waals surface area contributed by atoms with Gasteiger partial charge in [0.05, 0.1) is 17.7 Å². The maximum atomic E-state index is 11.9. The number of rotatable bonds is 4. The lowest BCUT2D eigenvalue weighted by Gasteiger charge is -2.24. The second-order valence-electron chi connectivity index (χ2n) is 4.52. The van der Waals surface area contributed by atoms with Crippen LogP contribution in [-0.4, -0.2) is 21.4 Å². The van der Waals surface area contributed by atoms with Gasteiger partial charge in [-0.2, -0.15) is 0 Å². The van der Waals surface area contributed by atoms with E-state index in [1.54, 1.807) is 0 Å². The summed E-state index contributed by atoms with van der Waals surface area (Å²) in [4.78, 5) is 11.8. The molecule has 1 aliphatic rings. The maximum absolute atomic E-state index is 11.9. The van der Waals surface area contributed by atoms with E-state index >= 15 is 0 Å². The van der Waals surface area contributed by atoms with Crippen LogP contribution >= 0.6 is 0 Å². The molecule has 1 saturated carbocycles. The highest BCUT2D eigenvalue weighted by molar-refractivity contribution is 7.89. The summed E-state index contributed by atoms with van der Waals surface area (Å²) in [7, 11) is -2.36. The predicted octanol–water partition coefficient (Wildman–Crippen LogP) is 1.08. The lowest BCUT2D eigenvalue weighted by Crippen LogP contribution is -2.28. The summed E-state index contributed by atoms with van der Waals surface area (Å²) in [5, 5.41) is 7.76. The third-order valence-electron chi connectivity index (χ3n) is 3.23. The Morgan fingerprint density at radius 3 is 2.58 bits per heavy atom. The average molecular weight is 284 g/mol. The number of carbonyl (C=O) groups is 1. The Labute approximate surface area is 112 Å². The molecule has 6 nitrogen and oxygen atoms in total. The van der Waals surface area contributed by atoms with Gasteiger partial charge in [-0.1, -0.05) is 6.42 Å². The van der Waals surface area contributed by atoms with Crippen LogP contribution in [0.2, 0.25) is 0 Å². The average Bonchev–Trinajstić information content (AvgIpc) is 2.25. The van der Waals surface area contributed by atoms with Gasteiger partial charge < -0.3 is 10.1 Å². The van der Waals surface area contributed by atoms with Gasteiger partial charge in [-0.15, -0.1) is 0 Å². The topological polar surface area (TPSA) is 98.5 Å². The van der Waals surface area contributed by atoms with Gasteiger partial charge in [0.1, 0.15) is 5.75 Å². The minimum absolute atomic E-state index is 0.00264. The SMILES string of the molecule is COc1ccc(S(N)(=O)=O)cc1NC(=O)C1CCC1. The van der Waals surface area contributed by atoms with Crippen LogP contribution in [0.25, 0.3) is 0 Å². The van der Waals surface area contributed by atoms with E-state index in [1.165, 1.54) is 25.3 Å². The highest BCUT2D eigenvalue weighted by Crippen LogP contribution is 2.31. The first-order valence-electron chi connectivity index (χ1n) is 5.93. The summed E-state index contributed by atoms with van der Waals surface area (Å²) in [6, 6.07) is 4.12. The molecule has 1 aromatic carbocycles. The van der Waals surface area contributed by atoms with Crippen LogP contribution < -0.4 is 15.2 Å². The standard InChI is InChI=1S/C12H16N2O4S/c1-18-11-6-5-9(19(13,16)17)7-10(11)14-12(15)8-3-2-4-8/h5-8H,2-4H2,1H3,(H,14,15)(H2,13,16,17). The zero-order chi connectivity index (χ0) is 14.0. The summed E-state index contributed by atoms with van der Waals surface area (Å²) in [5.74, 6) is 0.291. The molecule has 3 N–H and O–H groups in total. The fourth-order valence-electron chi connectivity index (χ4n) is 1.87. The van der Waals surface area contributed by atoms with E-state index in [9.17, 15) is 13.2 Å². The fourth-order valence-corrected chi connectivity index (χ4v) is 2.41. The van der Waals surface area contributed by atoms with Crippen molar-refractivity contribution in [2.24, 2.45) is 11.1 Å². The smallest absolute Gasteiger partial charge is 0.238 e. The molecule has 0 saturated heterocycles. The van der Waals surface area contributed by atoms with Gasteiger partial charge in [0.25, 0.3) is 0 Å². The molecule has 1 fully saturated rings. The summed E-state index contributed by atoms with van der Waals surface area (Å²) in [6.45, 7) is 0. The Hall–Kier alpha value is -1.60. The van der Waals surface area contributed by atoms with E-state index in [0.29, 0.717) is 11.4 Å². The minimum Gasteiger partial charge on any atom is -0.495 e. The number of ether oxygens (including phenoxy) is 1. The number of methoxy groups -OCH3 is 1. The van der Waals surface area contributed by atoms with Crippen molar-refractivity contribution in [3.8, 4) is 5.75 Å². The van der Waals surface area contributed by atoms with Gasteiger partial charge in [-0.3, -0.25) is 4.79 Å². The molecule has 1 amide bonds. The molecule has 1 aromatic rings. The lowest BCUT2D eigenvalue weighted by molar-refractivity contribution is -0.122. The van der Waals surface area contributed by atoms with Crippen LogP contribution in [0.15, 0.2) is 23.1 Å². The van der Waals surface area contributed by atoms with Crippen LogP contribution in [0.1, 0.15) is 19.3 Å². The first kappa shape index (κ1) is 13.8. The summed E-state index contributed by atoms with van der Waals surface area (Å²) < 4.78 is 27.7. The van der Waals surface area contributed by atoms with Crippen molar-refractivity contribution in [2.45, 2.75) is 24.2 Å². The fraction of sp³-hybridized carbons (Fsp3) is 0.417. The van der Waals surface area contributed by atoms with Gasteiger partial charge >= 0.3 is 0 Å². The monoisotopic (exact) mass is 284 g/mol. The Morgan fingerprint density at radius 1 is 1.42 bits per heavy atom. The zero-order valence-electron chi connectivity index (χ0n) is 10.5. The number of sulfonamides is 1. The Balaban J connectivity index is 2.28. The minimum atomic E-state index is -3.80. The maximum Gasteiger partial charge on any atom is 0.238 e. The quantitative estimate of drug-likeness (QED) is 0.864. The molecule has 1 aliphatic carbocycles. The number of hydrogen-bond acceptors (Lipinski definition) is 4. The zero-order valence-corrected chi connectivity index (χ0v) is 11.4. The Kier molecular flexibility index (Phi) is 3.77.